The first-order chi connectivity index (χ1) is 8.74. The highest BCUT2D eigenvalue weighted by Gasteiger charge is 2.08. The molecule has 0 unspecified atom stereocenters. The number of phenolic OH excluding ortho intramolecular Hbond substituents is 1. The summed E-state index contributed by atoms with van der Waals surface area (Å²) in [6.45, 7) is 0. The number of benzene rings is 1. The first kappa shape index (κ1) is 10.5. The van der Waals surface area contributed by atoms with E-state index in [1.54, 1.807) is 24.5 Å². The number of hydrogen-bond acceptors (Lipinski definition) is 4. The van der Waals surface area contributed by atoms with E-state index in [1.807, 2.05) is 12.1 Å². The number of aromatic hydroxyl groups is 1. The molecule has 0 bridgehead atoms. The van der Waals surface area contributed by atoms with E-state index in [1.165, 1.54) is 12.1 Å². The predicted octanol–water partition coefficient (Wildman–Crippen LogP) is 2.56. The number of rotatable bonds is 1. The van der Waals surface area contributed by atoms with Gasteiger partial charge in [0.1, 0.15) is 11.3 Å². The van der Waals surface area contributed by atoms with Gasteiger partial charge in [-0.05, 0) is 35.4 Å². The zero-order valence-corrected chi connectivity index (χ0v) is 9.33. The SMILES string of the molecule is O=c1cc(-c2ccncc2)c2ccc(O)cc2o1. The van der Waals surface area contributed by atoms with Crippen LogP contribution >= 0.6 is 0 Å². The number of phenols is 1. The van der Waals surface area contributed by atoms with Crippen LogP contribution in [0.5, 0.6) is 5.75 Å². The number of nitrogens with zero attached hydrogens (tertiary/aromatic N) is 1. The van der Waals surface area contributed by atoms with Crippen LogP contribution in [-0.4, -0.2) is 10.1 Å². The van der Waals surface area contributed by atoms with Crippen molar-refractivity contribution in [2.24, 2.45) is 0 Å². The summed E-state index contributed by atoms with van der Waals surface area (Å²) in [4.78, 5) is 15.5. The monoisotopic (exact) mass is 239 g/mol. The Hall–Kier alpha value is -2.62. The quantitative estimate of drug-likeness (QED) is 0.663. The van der Waals surface area contributed by atoms with Gasteiger partial charge < -0.3 is 9.52 Å². The summed E-state index contributed by atoms with van der Waals surface area (Å²) in [5.74, 6) is 0.0672. The third-order valence-electron chi connectivity index (χ3n) is 2.72. The van der Waals surface area contributed by atoms with Gasteiger partial charge in [0, 0.05) is 29.9 Å². The normalized spacial score (nSPS) is 10.7. The van der Waals surface area contributed by atoms with Crippen molar-refractivity contribution < 1.29 is 9.52 Å². The average Bonchev–Trinajstić information content (AvgIpc) is 2.38. The maximum atomic E-state index is 11.5. The highest BCUT2D eigenvalue weighted by atomic mass is 16.4. The molecule has 0 aliphatic heterocycles. The minimum Gasteiger partial charge on any atom is -0.508 e. The Balaban J connectivity index is 2.39. The minimum absolute atomic E-state index is 0.0672. The van der Waals surface area contributed by atoms with Gasteiger partial charge in [0.05, 0.1) is 0 Å². The Morgan fingerprint density at radius 2 is 1.83 bits per heavy atom. The summed E-state index contributed by atoms with van der Waals surface area (Å²) in [6, 6.07) is 9.80. The molecule has 18 heavy (non-hydrogen) atoms. The molecule has 0 atom stereocenters. The molecule has 4 nitrogen and oxygen atoms in total. The summed E-state index contributed by atoms with van der Waals surface area (Å²) < 4.78 is 5.07. The molecule has 3 rings (SSSR count). The van der Waals surface area contributed by atoms with Gasteiger partial charge in [-0.25, -0.2) is 4.79 Å². The molecule has 0 amide bonds. The van der Waals surface area contributed by atoms with Crippen LogP contribution in [0.25, 0.3) is 22.1 Å². The Labute approximate surface area is 102 Å². The zero-order valence-electron chi connectivity index (χ0n) is 9.33. The molecule has 1 N–H and O–H groups in total. The lowest BCUT2D eigenvalue weighted by Gasteiger charge is -2.05. The third kappa shape index (κ3) is 1.73. The molecular formula is C14H9NO3. The van der Waals surface area contributed by atoms with Crippen molar-refractivity contribution in [3.63, 3.8) is 0 Å². The highest BCUT2D eigenvalue weighted by molar-refractivity contribution is 5.93. The van der Waals surface area contributed by atoms with Crippen LogP contribution in [0.1, 0.15) is 0 Å². The van der Waals surface area contributed by atoms with E-state index in [0.29, 0.717) is 5.58 Å². The molecule has 0 aliphatic carbocycles. The summed E-state index contributed by atoms with van der Waals surface area (Å²) >= 11 is 0. The first-order valence-corrected chi connectivity index (χ1v) is 5.41. The largest absolute Gasteiger partial charge is 0.508 e. The minimum atomic E-state index is -0.445. The smallest absolute Gasteiger partial charge is 0.336 e. The molecule has 2 heterocycles. The molecule has 4 heteroatoms. The van der Waals surface area contributed by atoms with E-state index < -0.39 is 5.63 Å². The van der Waals surface area contributed by atoms with Crippen molar-refractivity contribution in [1.82, 2.24) is 4.98 Å². The standard InChI is InChI=1S/C14H9NO3/c16-10-1-2-11-12(9-3-5-15-6-4-9)8-14(17)18-13(11)7-10/h1-8,16H. The van der Waals surface area contributed by atoms with E-state index in [4.69, 9.17) is 4.42 Å². The lowest BCUT2D eigenvalue weighted by molar-refractivity contribution is 0.473. The average molecular weight is 239 g/mol. The van der Waals surface area contributed by atoms with Crippen LogP contribution < -0.4 is 5.63 Å². The molecule has 88 valence electrons. The molecule has 0 aliphatic rings. The van der Waals surface area contributed by atoms with Crippen molar-refractivity contribution >= 4 is 11.0 Å². The fraction of sp³-hybridized carbons (Fsp3) is 0. The lowest BCUT2D eigenvalue weighted by Crippen LogP contribution is -1.98. The molecule has 0 saturated heterocycles. The van der Waals surface area contributed by atoms with Crippen molar-refractivity contribution in [3.8, 4) is 16.9 Å². The van der Waals surface area contributed by atoms with Crippen LogP contribution in [0.2, 0.25) is 0 Å². The molecular weight excluding hydrogens is 230 g/mol. The maximum absolute atomic E-state index is 11.5. The Morgan fingerprint density at radius 1 is 1.06 bits per heavy atom. The van der Waals surface area contributed by atoms with Gasteiger partial charge in [-0.15, -0.1) is 0 Å². The third-order valence-corrected chi connectivity index (χ3v) is 2.72. The van der Waals surface area contributed by atoms with E-state index in [2.05, 4.69) is 4.98 Å². The van der Waals surface area contributed by atoms with Crippen LogP contribution in [0.3, 0.4) is 0 Å². The number of aromatic nitrogens is 1. The van der Waals surface area contributed by atoms with E-state index in [0.717, 1.165) is 16.5 Å². The van der Waals surface area contributed by atoms with Crippen LogP contribution in [0.4, 0.5) is 0 Å². The van der Waals surface area contributed by atoms with Crippen LogP contribution in [-0.2, 0) is 0 Å². The van der Waals surface area contributed by atoms with Crippen LogP contribution in [0, 0.1) is 0 Å². The van der Waals surface area contributed by atoms with Gasteiger partial charge in [-0.2, -0.15) is 0 Å². The number of fused-ring (bicyclic) bond motifs is 1. The van der Waals surface area contributed by atoms with E-state index >= 15 is 0 Å². The van der Waals surface area contributed by atoms with Gasteiger partial charge in [0.2, 0.25) is 0 Å². The second-order valence-electron chi connectivity index (χ2n) is 3.90. The molecule has 0 fully saturated rings. The predicted molar refractivity (Wildman–Crippen MR) is 67.4 cm³/mol. The van der Waals surface area contributed by atoms with Crippen molar-refractivity contribution in [3.05, 3.63) is 59.2 Å². The first-order valence-electron chi connectivity index (χ1n) is 5.41. The second-order valence-corrected chi connectivity index (χ2v) is 3.90. The second kappa shape index (κ2) is 4.00. The Morgan fingerprint density at radius 3 is 2.61 bits per heavy atom. The number of hydrogen-bond donors (Lipinski definition) is 1. The highest BCUT2D eigenvalue weighted by Crippen LogP contribution is 2.28. The molecule has 1 aromatic carbocycles. The van der Waals surface area contributed by atoms with E-state index in [9.17, 15) is 9.90 Å². The van der Waals surface area contributed by atoms with Gasteiger partial charge in [-0.3, -0.25) is 4.98 Å². The molecule has 2 aromatic heterocycles. The maximum Gasteiger partial charge on any atom is 0.336 e. The molecule has 3 aromatic rings. The van der Waals surface area contributed by atoms with Crippen molar-refractivity contribution in [2.75, 3.05) is 0 Å². The summed E-state index contributed by atoms with van der Waals surface area (Å²) in [5.41, 5.74) is 1.58. The topological polar surface area (TPSA) is 63.3 Å². The molecule has 0 saturated carbocycles. The van der Waals surface area contributed by atoms with Gasteiger partial charge in [0.15, 0.2) is 0 Å². The number of pyridine rings is 1. The Bertz CT molecular complexity index is 763. The summed E-state index contributed by atoms with van der Waals surface area (Å²) in [7, 11) is 0. The fourth-order valence-electron chi connectivity index (χ4n) is 1.92. The van der Waals surface area contributed by atoms with E-state index in [-0.39, 0.29) is 5.75 Å². The summed E-state index contributed by atoms with van der Waals surface area (Å²) in [6.07, 6.45) is 3.33. The fourth-order valence-corrected chi connectivity index (χ4v) is 1.92. The zero-order chi connectivity index (χ0) is 12.5. The van der Waals surface area contributed by atoms with Gasteiger partial charge in [-0.1, -0.05) is 0 Å². The molecule has 0 spiro atoms. The van der Waals surface area contributed by atoms with Gasteiger partial charge >= 0.3 is 5.63 Å². The Kier molecular flexibility index (Phi) is 2.34. The van der Waals surface area contributed by atoms with Crippen LogP contribution in [0.15, 0.2) is 58.0 Å². The molecule has 0 radical (unpaired) electrons. The van der Waals surface area contributed by atoms with Crippen molar-refractivity contribution in [2.45, 2.75) is 0 Å². The summed E-state index contributed by atoms with van der Waals surface area (Å²) in [5, 5.41) is 10.2. The van der Waals surface area contributed by atoms with Gasteiger partial charge in [0.25, 0.3) is 0 Å². The lowest BCUT2D eigenvalue weighted by atomic mass is 10.0. The van der Waals surface area contributed by atoms with Crippen molar-refractivity contribution in [1.29, 1.82) is 0 Å².